The second-order valence-corrected chi connectivity index (χ2v) is 3.54. The molecule has 88 valence electrons. The van der Waals surface area contributed by atoms with Crippen molar-refractivity contribution < 1.29 is 22.6 Å². The highest BCUT2D eigenvalue weighted by molar-refractivity contribution is 5.36. The Kier molecular flexibility index (Phi) is 2.65. The number of methoxy groups -OCH3 is 1. The third kappa shape index (κ3) is 2.37. The van der Waals surface area contributed by atoms with E-state index in [1.807, 2.05) is 0 Å². The number of ether oxygens (including phenoxy) is 2. The summed E-state index contributed by atoms with van der Waals surface area (Å²) in [4.78, 5) is 3.33. The zero-order valence-corrected chi connectivity index (χ0v) is 8.54. The van der Waals surface area contributed by atoms with Crippen molar-refractivity contribution in [1.82, 2.24) is 4.98 Å². The highest BCUT2D eigenvalue weighted by Crippen LogP contribution is 2.37. The quantitative estimate of drug-likeness (QED) is 0.804. The number of pyridine rings is 1. The van der Waals surface area contributed by atoms with Crippen LogP contribution in [0, 0.1) is 0 Å². The molecule has 1 aromatic rings. The Morgan fingerprint density at radius 1 is 1.38 bits per heavy atom. The van der Waals surface area contributed by atoms with Gasteiger partial charge < -0.3 is 9.47 Å². The summed E-state index contributed by atoms with van der Waals surface area (Å²) in [6.07, 6.45) is -1.46. The van der Waals surface area contributed by atoms with Crippen LogP contribution >= 0.6 is 0 Å². The summed E-state index contributed by atoms with van der Waals surface area (Å²) in [6, 6.07) is 1.22. The normalized spacial score (nSPS) is 16.0. The van der Waals surface area contributed by atoms with E-state index in [-0.39, 0.29) is 11.9 Å². The van der Waals surface area contributed by atoms with Crippen molar-refractivity contribution in [3.63, 3.8) is 0 Å². The van der Waals surface area contributed by atoms with Gasteiger partial charge in [0.05, 0.1) is 19.4 Å². The van der Waals surface area contributed by atoms with E-state index in [0.717, 1.165) is 19.0 Å². The lowest BCUT2D eigenvalue weighted by atomic mass is 10.3. The van der Waals surface area contributed by atoms with Crippen molar-refractivity contribution in [1.29, 1.82) is 0 Å². The standard InChI is InChI=1S/C10H10F3NO2/c1-15-8-4-7(16-6-2-3-6)5-14-9(8)10(11,12)13/h4-6H,2-3H2,1H3. The van der Waals surface area contributed by atoms with E-state index in [9.17, 15) is 13.2 Å². The topological polar surface area (TPSA) is 31.4 Å². The third-order valence-corrected chi connectivity index (χ3v) is 2.14. The second kappa shape index (κ2) is 3.84. The van der Waals surface area contributed by atoms with E-state index < -0.39 is 11.9 Å². The first-order valence-corrected chi connectivity index (χ1v) is 4.78. The number of halogens is 3. The van der Waals surface area contributed by atoms with Gasteiger partial charge in [-0.25, -0.2) is 4.98 Å². The molecule has 0 aliphatic heterocycles. The summed E-state index contributed by atoms with van der Waals surface area (Å²) in [5, 5.41) is 0. The molecule has 2 rings (SSSR count). The van der Waals surface area contributed by atoms with Crippen LogP contribution in [0.4, 0.5) is 13.2 Å². The highest BCUT2D eigenvalue weighted by atomic mass is 19.4. The van der Waals surface area contributed by atoms with Crippen molar-refractivity contribution in [3.8, 4) is 11.5 Å². The molecule has 0 aromatic carbocycles. The highest BCUT2D eigenvalue weighted by Gasteiger charge is 2.36. The maximum absolute atomic E-state index is 12.5. The van der Waals surface area contributed by atoms with Crippen LogP contribution in [-0.2, 0) is 6.18 Å². The van der Waals surface area contributed by atoms with Gasteiger partial charge in [0.25, 0.3) is 0 Å². The zero-order chi connectivity index (χ0) is 11.8. The Morgan fingerprint density at radius 2 is 2.06 bits per heavy atom. The fourth-order valence-corrected chi connectivity index (χ4v) is 1.24. The summed E-state index contributed by atoms with van der Waals surface area (Å²) in [5.74, 6) is -0.00185. The third-order valence-electron chi connectivity index (χ3n) is 2.14. The van der Waals surface area contributed by atoms with Crippen LogP contribution in [0.5, 0.6) is 11.5 Å². The first-order chi connectivity index (χ1) is 7.50. The van der Waals surface area contributed by atoms with Crippen LogP contribution in [0.25, 0.3) is 0 Å². The van der Waals surface area contributed by atoms with Gasteiger partial charge in [-0.05, 0) is 12.8 Å². The van der Waals surface area contributed by atoms with Gasteiger partial charge in [-0.15, -0.1) is 0 Å². The second-order valence-electron chi connectivity index (χ2n) is 3.54. The molecule has 1 aliphatic rings. The van der Waals surface area contributed by atoms with E-state index in [4.69, 9.17) is 4.74 Å². The molecule has 0 amide bonds. The minimum absolute atomic E-state index is 0.114. The summed E-state index contributed by atoms with van der Waals surface area (Å²) in [7, 11) is 1.17. The number of hydrogen-bond donors (Lipinski definition) is 0. The number of rotatable bonds is 3. The number of hydrogen-bond acceptors (Lipinski definition) is 3. The first kappa shape index (κ1) is 11.0. The predicted octanol–water partition coefficient (Wildman–Crippen LogP) is 2.65. The predicted molar refractivity (Wildman–Crippen MR) is 49.4 cm³/mol. The molecule has 0 unspecified atom stereocenters. The maximum atomic E-state index is 12.5. The van der Waals surface area contributed by atoms with Crippen LogP contribution in [0.15, 0.2) is 12.3 Å². The monoisotopic (exact) mass is 233 g/mol. The van der Waals surface area contributed by atoms with Gasteiger partial charge in [-0.1, -0.05) is 0 Å². The molecular formula is C10H10F3NO2. The van der Waals surface area contributed by atoms with E-state index in [1.54, 1.807) is 0 Å². The minimum Gasteiger partial charge on any atom is -0.494 e. The Balaban J connectivity index is 2.26. The van der Waals surface area contributed by atoms with Crippen LogP contribution in [0.2, 0.25) is 0 Å². The van der Waals surface area contributed by atoms with E-state index in [2.05, 4.69) is 9.72 Å². The van der Waals surface area contributed by atoms with Gasteiger partial charge in [0.2, 0.25) is 0 Å². The zero-order valence-electron chi connectivity index (χ0n) is 8.54. The summed E-state index contributed by atoms with van der Waals surface area (Å²) in [5.41, 5.74) is -1.03. The molecule has 0 saturated heterocycles. The van der Waals surface area contributed by atoms with Crippen molar-refractivity contribution >= 4 is 0 Å². The Labute approximate surface area is 90.2 Å². The first-order valence-electron chi connectivity index (χ1n) is 4.78. The molecule has 0 bridgehead atoms. The van der Waals surface area contributed by atoms with Gasteiger partial charge in [0.1, 0.15) is 5.75 Å². The molecule has 1 aliphatic carbocycles. The number of alkyl halides is 3. The SMILES string of the molecule is COc1cc(OC2CC2)cnc1C(F)(F)F. The van der Waals surface area contributed by atoms with Gasteiger partial charge in [0, 0.05) is 6.07 Å². The molecule has 0 N–H and O–H groups in total. The molecule has 1 heterocycles. The number of aromatic nitrogens is 1. The summed E-state index contributed by atoms with van der Waals surface area (Å²) < 4.78 is 47.4. The lowest BCUT2D eigenvalue weighted by Crippen LogP contribution is -2.10. The Morgan fingerprint density at radius 3 is 2.56 bits per heavy atom. The van der Waals surface area contributed by atoms with Gasteiger partial charge >= 0.3 is 6.18 Å². The summed E-state index contributed by atoms with van der Waals surface area (Å²) >= 11 is 0. The molecule has 0 radical (unpaired) electrons. The average Bonchev–Trinajstić information content (AvgIpc) is 3.00. The fraction of sp³-hybridized carbons (Fsp3) is 0.500. The van der Waals surface area contributed by atoms with Crippen LogP contribution < -0.4 is 9.47 Å². The van der Waals surface area contributed by atoms with Crippen molar-refractivity contribution in [2.45, 2.75) is 25.1 Å². The molecule has 0 spiro atoms. The molecular weight excluding hydrogens is 223 g/mol. The molecule has 3 nitrogen and oxygen atoms in total. The van der Waals surface area contributed by atoms with E-state index >= 15 is 0 Å². The molecule has 1 fully saturated rings. The van der Waals surface area contributed by atoms with E-state index in [1.165, 1.54) is 13.2 Å². The van der Waals surface area contributed by atoms with Crippen LogP contribution in [-0.4, -0.2) is 18.2 Å². The van der Waals surface area contributed by atoms with Gasteiger partial charge in [-0.3, -0.25) is 0 Å². The molecule has 1 saturated carbocycles. The summed E-state index contributed by atoms with van der Waals surface area (Å²) in [6.45, 7) is 0. The van der Waals surface area contributed by atoms with Gasteiger partial charge in [0.15, 0.2) is 11.4 Å². The fourth-order valence-electron chi connectivity index (χ4n) is 1.24. The minimum atomic E-state index is -4.51. The lowest BCUT2D eigenvalue weighted by molar-refractivity contribution is -0.142. The lowest BCUT2D eigenvalue weighted by Gasteiger charge is -2.12. The van der Waals surface area contributed by atoms with Crippen LogP contribution in [0.1, 0.15) is 18.5 Å². The maximum Gasteiger partial charge on any atom is 0.437 e. The van der Waals surface area contributed by atoms with E-state index in [0.29, 0.717) is 5.75 Å². The Hall–Kier alpha value is -1.46. The van der Waals surface area contributed by atoms with Gasteiger partial charge in [-0.2, -0.15) is 13.2 Å². The van der Waals surface area contributed by atoms with Crippen LogP contribution in [0.3, 0.4) is 0 Å². The molecule has 1 aromatic heterocycles. The largest absolute Gasteiger partial charge is 0.494 e. The Bertz CT molecular complexity index is 388. The molecule has 0 atom stereocenters. The average molecular weight is 233 g/mol. The van der Waals surface area contributed by atoms with Crippen molar-refractivity contribution in [3.05, 3.63) is 18.0 Å². The van der Waals surface area contributed by atoms with Crippen molar-refractivity contribution in [2.24, 2.45) is 0 Å². The smallest absolute Gasteiger partial charge is 0.437 e. The number of nitrogens with zero attached hydrogens (tertiary/aromatic N) is 1. The molecule has 16 heavy (non-hydrogen) atoms. The molecule has 6 heteroatoms. The van der Waals surface area contributed by atoms with Crippen molar-refractivity contribution in [2.75, 3.05) is 7.11 Å².